The van der Waals surface area contributed by atoms with Gasteiger partial charge in [0, 0.05) is 0 Å². The van der Waals surface area contributed by atoms with Gasteiger partial charge in [-0.25, -0.2) is 9.59 Å². The highest BCUT2D eigenvalue weighted by atomic mass is 16.4. The number of aryl methyl sites for hydroxylation is 1. The highest BCUT2D eigenvalue weighted by molar-refractivity contribution is 5.97. The van der Waals surface area contributed by atoms with E-state index in [0.717, 1.165) is 0 Å². The number of hydrogen-bond donors (Lipinski definition) is 2. The second kappa shape index (κ2) is 4.80. The van der Waals surface area contributed by atoms with E-state index in [1.807, 2.05) is 20.8 Å². The van der Waals surface area contributed by atoms with Crippen LogP contribution in [0.1, 0.15) is 52.6 Å². The van der Waals surface area contributed by atoms with Gasteiger partial charge in [0.25, 0.3) is 0 Å². The maximum absolute atomic E-state index is 11.3. The second-order valence-electron chi connectivity index (χ2n) is 5.63. The molecule has 1 aromatic rings. The summed E-state index contributed by atoms with van der Waals surface area (Å²) in [5, 5.41) is 18.4. The molecular weight excluding hydrogens is 232 g/mol. The first kappa shape index (κ1) is 14.2. The van der Waals surface area contributed by atoms with Gasteiger partial charge in [0.2, 0.25) is 0 Å². The van der Waals surface area contributed by atoms with Crippen molar-refractivity contribution in [1.82, 2.24) is 0 Å². The predicted octanol–water partition coefficient (Wildman–Crippen LogP) is 2.98. The van der Waals surface area contributed by atoms with Gasteiger partial charge in [-0.2, -0.15) is 0 Å². The topological polar surface area (TPSA) is 74.6 Å². The predicted molar refractivity (Wildman–Crippen MR) is 68.3 cm³/mol. The Morgan fingerprint density at radius 1 is 1.11 bits per heavy atom. The number of benzene rings is 1. The number of carboxylic acid groups (broad SMARTS) is 2. The summed E-state index contributed by atoms with van der Waals surface area (Å²) in [5.41, 5.74) is 1.01. The van der Waals surface area contributed by atoms with Crippen molar-refractivity contribution in [2.24, 2.45) is 5.41 Å². The molecule has 0 saturated heterocycles. The van der Waals surface area contributed by atoms with Crippen molar-refractivity contribution in [1.29, 1.82) is 0 Å². The van der Waals surface area contributed by atoms with Crippen molar-refractivity contribution in [3.05, 3.63) is 34.4 Å². The van der Waals surface area contributed by atoms with Gasteiger partial charge in [0.1, 0.15) is 0 Å². The van der Waals surface area contributed by atoms with Gasteiger partial charge in [-0.3, -0.25) is 0 Å². The van der Waals surface area contributed by atoms with Gasteiger partial charge >= 0.3 is 11.9 Å². The van der Waals surface area contributed by atoms with E-state index in [2.05, 4.69) is 0 Å². The summed E-state index contributed by atoms with van der Waals surface area (Å²) in [6.07, 6.45) is 0.415. The number of rotatable bonds is 3. The fourth-order valence-corrected chi connectivity index (χ4v) is 1.98. The van der Waals surface area contributed by atoms with Crippen LogP contribution in [0.15, 0.2) is 12.1 Å². The first-order chi connectivity index (χ1) is 8.13. The summed E-state index contributed by atoms with van der Waals surface area (Å²) in [4.78, 5) is 22.5. The van der Waals surface area contributed by atoms with Crippen LogP contribution in [0.2, 0.25) is 0 Å². The Bertz CT molecular complexity index is 495. The van der Waals surface area contributed by atoms with Crippen LogP contribution in [0, 0.1) is 12.3 Å². The molecule has 0 unspecified atom stereocenters. The largest absolute Gasteiger partial charge is 0.478 e. The number of carbonyl (C=O) groups is 2. The van der Waals surface area contributed by atoms with E-state index in [4.69, 9.17) is 5.11 Å². The van der Waals surface area contributed by atoms with Gasteiger partial charge in [-0.15, -0.1) is 0 Å². The van der Waals surface area contributed by atoms with E-state index < -0.39 is 11.9 Å². The lowest BCUT2D eigenvalue weighted by atomic mass is 9.83. The highest BCUT2D eigenvalue weighted by Gasteiger charge is 2.24. The molecular formula is C14H18O4. The molecule has 0 atom stereocenters. The van der Waals surface area contributed by atoms with Crippen LogP contribution in [0.25, 0.3) is 0 Å². The molecule has 0 heterocycles. The first-order valence-electron chi connectivity index (χ1n) is 5.72. The van der Waals surface area contributed by atoms with E-state index >= 15 is 0 Å². The molecule has 0 spiro atoms. The molecule has 0 fully saturated rings. The molecule has 0 aliphatic rings. The molecule has 0 aromatic heterocycles. The molecule has 4 nitrogen and oxygen atoms in total. The van der Waals surface area contributed by atoms with Crippen LogP contribution in [-0.4, -0.2) is 22.2 Å². The molecule has 1 rings (SSSR count). The Morgan fingerprint density at radius 3 is 2.06 bits per heavy atom. The third-order valence-corrected chi connectivity index (χ3v) is 2.67. The molecule has 4 heteroatoms. The fraction of sp³-hybridized carbons (Fsp3) is 0.429. The van der Waals surface area contributed by atoms with Crippen LogP contribution in [-0.2, 0) is 6.42 Å². The van der Waals surface area contributed by atoms with Gasteiger partial charge in [-0.05, 0) is 36.0 Å². The van der Waals surface area contributed by atoms with E-state index in [1.165, 1.54) is 6.07 Å². The van der Waals surface area contributed by atoms with Gasteiger partial charge in [-0.1, -0.05) is 26.8 Å². The minimum atomic E-state index is -1.09. The van der Waals surface area contributed by atoms with E-state index in [0.29, 0.717) is 17.5 Å². The van der Waals surface area contributed by atoms with Crippen molar-refractivity contribution >= 4 is 11.9 Å². The summed E-state index contributed by atoms with van der Waals surface area (Å²) in [6, 6.07) is 3.02. The lowest BCUT2D eigenvalue weighted by Gasteiger charge is -2.21. The van der Waals surface area contributed by atoms with Crippen LogP contribution in [0.3, 0.4) is 0 Å². The Balaban J connectivity index is 3.53. The SMILES string of the molecule is Cc1ccc(C(=O)O)c(CC(C)(C)C)c1C(=O)O. The Hall–Kier alpha value is -1.84. The molecule has 1 aromatic carbocycles. The minimum absolute atomic E-state index is 0.0768. The fourth-order valence-electron chi connectivity index (χ4n) is 1.98. The number of aromatic carboxylic acids is 2. The van der Waals surface area contributed by atoms with Gasteiger partial charge < -0.3 is 10.2 Å². The Kier molecular flexibility index (Phi) is 3.79. The molecule has 0 amide bonds. The quantitative estimate of drug-likeness (QED) is 0.864. The molecule has 0 radical (unpaired) electrons. The van der Waals surface area contributed by atoms with E-state index in [1.54, 1.807) is 13.0 Å². The monoisotopic (exact) mass is 250 g/mol. The van der Waals surface area contributed by atoms with Crippen molar-refractivity contribution in [2.45, 2.75) is 34.1 Å². The molecule has 0 saturated carbocycles. The molecule has 0 aliphatic heterocycles. The summed E-state index contributed by atoms with van der Waals surface area (Å²) in [6.45, 7) is 7.53. The van der Waals surface area contributed by atoms with Crippen LogP contribution in [0.4, 0.5) is 0 Å². The molecule has 98 valence electrons. The van der Waals surface area contributed by atoms with Gasteiger partial charge in [0.15, 0.2) is 0 Å². The van der Waals surface area contributed by atoms with Crippen molar-refractivity contribution in [2.75, 3.05) is 0 Å². The minimum Gasteiger partial charge on any atom is -0.478 e. The summed E-state index contributed by atoms with van der Waals surface area (Å²) >= 11 is 0. The number of hydrogen-bond acceptors (Lipinski definition) is 2. The summed E-state index contributed by atoms with van der Waals surface area (Å²) < 4.78 is 0. The third-order valence-electron chi connectivity index (χ3n) is 2.67. The summed E-state index contributed by atoms with van der Waals surface area (Å²) in [7, 11) is 0. The van der Waals surface area contributed by atoms with Crippen molar-refractivity contribution in [3.63, 3.8) is 0 Å². The average molecular weight is 250 g/mol. The first-order valence-corrected chi connectivity index (χ1v) is 5.72. The summed E-state index contributed by atoms with van der Waals surface area (Å²) in [5.74, 6) is -2.16. The average Bonchev–Trinajstić information content (AvgIpc) is 2.13. The maximum atomic E-state index is 11.3. The van der Waals surface area contributed by atoms with Gasteiger partial charge in [0.05, 0.1) is 11.1 Å². The lowest BCUT2D eigenvalue weighted by Crippen LogP contribution is -2.18. The van der Waals surface area contributed by atoms with E-state index in [9.17, 15) is 14.7 Å². The normalized spacial score (nSPS) is 11.3. The molecule has 18 heavy (non-hydrogen) atoms. The lowest BCUT2D eigenvalue weighted by molar-refractivity contribution is 0.0694. The zero-order chi connectivity index (χ0) is 14.1. The highest BCUT2D eigenvalue weighted by Crippen LogP contribution is 2.28. The smallest absolute Gasteiger partial charge is 0.336 e. The zero-order valence-corrected chi connectivity index (χ0v) is 11.1. The molecule has 0 bridgehead atoms. The van der Waals surface area contributed by atoms with Crippen LogP contribution in [0.5, 0.6) is 0 Å². The zero-order valence-electron chi connectivity index (χ0n) is 11.1. The number of carboxylic acids is 2. The molecule has 0 aliphatic carbocycles. The second-order valence-corrected chi connectivity index (χ2v) is 5.63. The molecule has 2 N–H and O–H groups in total. The standard InChI is InChI=1S/C14H18O4/c1-8-5-6-9(12(15)16)10(7-14(2,3)4)11(8)13(17)18/h5-6H,7H2,1-4H3,(H,15,16)(H,17,18). The van der Waals surface area contributed by atoms with Crippen LogP contribution >= 0.6 is 0 Å². The Morgan fingerprint density at radius 2 is 1.67 bits per heavy atom. The Labute approximate surface area is 106 Å². The van der Waals surface area contributed by atoms with Crippen molar-refractivity contribution in [3.8, 4) is 0 Å². The third kappa shape index (κ3) is 3.09. The van der Waals surface area contributed by atoms with E-state index in [-0.39, 0.29) is 16.5 Å². The maximum Gasteiger partial charge on any atom is 0.336 e. The van der Waals surface area contributed by atoms with Crippen LogP contribution < -0.4 is 0 Å². The van der Waals surface area contributed by atoms with Crippen molar-refractivity contribution < 1.29 is 19.8 Å².